The minimum Gasteiger partial charge on any atom is -0.384 e. The van der Waals surface area contributed by atoms with Crippen LogP contribution in [0.3, 0.4) is 0 Å². The molecule has 3 nitrogen and oxygen atoms in total. The Morgan fingerprint density at radius 2 is 2.12 bits per heavy atom. The third-order valence-corrected chi connectivity index (χ3v) is 3.08. The highest BCUT2D eigenvalue weighted by Crippen LogP contribution is 2.23. The van der Waals surface area contributed by atoms with Crippen molar-refractivity contribution in [2.45, 2.75) is 33.2 Å². The number of aryl methyl sites for hydroxylation is 1. The molecule has 0 fully saturated rings. The number of amidine groups is 1. The summed E-state index contributed by atoms with van der Waals surface area (Å²) in [6, 6.07) is 6.44. The lowest BCUT2D eigenvalue weighted by atomic mass is 10.1. The van der Waals surface area contributed by atoms with E-state index in [0.29, 0.717) is 6.04 Å². The van der Waals surface area contributed by atoms with E-state index < -0.39 is 0 Å². The molecule has 1 rings (SSSR count). The fourth-order valence-corrected chi connectivity index (χ4v) is 1.67. The summed E-state index contributed by atoms with van der Waals surface area (Å²) < 4.78 is 0. The zero-order valence-corrected chi connectivity index (χ0v) is 10.5. The average molecular weight is 219 g/mol. The Bertz CT molecular complexity index is 385. The van der Waals surface area contributed by atoms with Crippen LogP contribution in [-0.2, 0) is 0 Å². The van der Waals surface area contributed by atoms with E-state index in [2.05, 4.69) is 38.8 Å². The summed E-state index contributed by atoms with van der Waals surface area (Å²) in [4.78, 5) is 2.18. The van der Waals surface area contributed by atoms with Gasteiger partial charge in [0.25, 0.3) is 0 Å². The maximum Gasteiger partial charge on any atom is 0.124 e. The van der Waals surface area contributed by atoms with Crippen LogP contribution in [-0.4, -0.2) is 18.9 Å². The first-order valence-electron chi connectivity index (χ1n) is 5.65. The first-order chi connectivity index (χ1) is 7.47. The van der Waals surface area contributed by atoms with Gasteiger partial charge < -0.3 is 10.6 Å². The van der Waals surface area contributed by atoms with E-state index in [0.717, 1.165) is 17.7 Å². The number of nitrogens with one attached hydrogen (secondary N) is 1. The van der Waals surface area contributed by atoms with Crippen LogP contribution in [0.4, 0.5) is 5.69 Å². The van der Waals surface area contributed by atoms with E-state index in [9.17, 15) is 0 Å². The quantitative estimate of drug-likeness (QED) is 0.604. The van der Waals surface area contributed by atoms with Crippen molar-refractivity contribution in [1.82, 2.24) is 0 Å². The molecule has 0 amide bonds. The fourth-order valence-electron chi connectivity index (χ4n) is 1.67. The minimum atomic E-state index is 0.130. The van der Waals surface area contributed by atoms with E-state index in [1.165, 1.54) is 5.56 Å². The summed E-state index contributed by atoms with van der Waals surface area (Å²) in [5.74, 6) is 0.130. The monoisotopic (exact) mass is 219 g/mol. The molecule has 0 aliphatic rings. The van der Waals surface area contributed by atoms with Crippen LogP contribution in [0, 0.1) is 12.3 Å². The summed E-state index contributed by atoms with van der Waals surface area (Å²) in [5.41, 5.74) is 8.65. The average Bonchev–Trinajstić information content (AvgIpc) is 2.26. The molecule has 0 spiro atoms. The van der Waals surface area contributed by atoms with E-state index in [4.69, 9.17) is 11.1 Å². The summed E-state index contributed by atoms with van der Waals surface area (Å²) >= 11 is 0. The Morgan fingerprint density at radius 1 is 1.50 bits per heavy atom. The Labute approximate surface area is 97.8 Å². The molecule has 1 unspecified atom stereocenters. The van der Waals surface area contributed by atoms with E-state index in [1.54, 1.807) is 0 Å². The van der Waals surface area contributed by atoms with Crippen molar-refractivity contribution in [3.05, 3.63) is 29.3 Å². The van der Waals surface area contributed by atoms with Crippen molar-refractivity contribution in [2.75, 3.05) is 11.9 Å². The van der Waals surface area contributed by atoms with Gasteiger partial charge in [0.1, 0.15) is 5.84 Å². The number of nitrogens with zero attached hydrogens (tertiary/aromatic N) is 1. The van der Waals surface area contributed by atoms with Gasteiger partial charge in [-0.25, -0.2) is 0 Å². The Hall–Kier alpha value is -1.51. The SMILES string of the molecule is CCC(C)N(C)c1cc(C)ccc1C(=N)N. The van der Waals surface area contributed by atoms with Gasteiger partial charge in [-0.1, -0.05) is 13.0 Å². The van der Waals surface area contributed by atoms with Crippen LogP contribution < -0.4 is 10.6 Å². The summed E-state index contributed by atoms with van der Waals surface area (Å²) in [7, 11) is 2.05. The van der Waals surface area contributed by atoms with Gasteiger partial charge in [-0.05, 0) is 38.0 Å². The summed E-state index contributed by atoms with van der Waals surface area (Å²) in [6.45, 7) is 6.38. The topological polar surface area (TPSA) is 53.1 Å². The normalized spacial score (nSPS) is 12.2. The molecule has 1 aromatic rings. The number of rotatable bonds is 4. The van der Waals surface area contributed by atoms with Crippen molar-refractivity contribution in [3.8, 4) is 0 Å². The number of anilines is 1. The van der Waals surface area contributed by atoms with Crippen molar-refractivity contribution in [3.63, 3.8) is 0 Å². The molecule has 0 bridgehead atoms. The lowest BCUT2D eigenvalue weighted by Crippen LogP contribution is -2.30. The fraction of sp³-hybridized carbons (Fsp3) is 0.462. The number of hydrogen-bond acceptors (Lipinski definition) is 2. The molecule has 1 aromatic carbocycles. The minimum absolute atomic E-state index is 0.130. The van der Waals surface area contributed by atoms with Crippen molar-refractivity contribution in [1.29, 1.82) is 5.41 Å². The van der Waals surface area contributed by atoms with Crippen LogP contribution >= 0.6 is 0 Å². The zero-order valence-electron chi connectivity index (χ0n) is 10.5. The third kappa shape index (κ3) is 2.54. The van der Waals surface area contributed by atoms with Gasteiger partial charge in [-0.2, -0.15) is 0 Å². The van der Waals surface area contributed by atoms with Crippen LogP contribution in [0.2, 0.25) is 0 Å². The van der Waals surface area contributed by atoms with Gasteiger partial charge >= 0.3 is 0 Å². The molecule has 1 atom stereocenters. The maximum atomic E-state index is 7.59. The molecule has 0 aliphatic heterocycles. The van der Waals surface area contributed by atoms with Gasteiger partial charge in [-0.15, -0.1) is 0 Å². The molecule has 0 saturated carbocycles. The standard InChI is InChI=1S/C13H21N3/c1-5-10(3)16(4)12-8-9(2)6-7-11(12)13(14)15/h6-8,10H,5H2,1-4H3,(H3,14,15). The first-order valence-corrected chi connectivity index (χ1v) is 5.65. The molecule has 0 radical (unpaired) electrons. The highest BCUT2D eigenvalue weighted by Gasteiger charge is 2.13. The van der Waals surface area contributed by atoms with Crippen molar-refractivity contribution < 1.29 is 0 Å². The first kappa shape index (κ1) is 12.6. The Kier molecular flexibility index (Phi) is 3.93. The smallest absolute Gasteiger partial charge is 0.124 e. The van der Waals surface area contributed by atoms with E-state index in [1.807, 2.05) is 12.1 Å². The van der Waals surface area contributed by atoms with Crippen LogP contribution in [0.15, 0.2) is 18.2 Å². The molecule has 0 aliphatic carbocycles. The molecular weight excluding hydrogens is 198 g/mol. The lowest BCUT2D eigenvalue weighted by molar-refractivity contribution is 0.663. The highest BCUT2D eigenvalue weighted by molar-refractivity contribution is 6.00. The molecule has 0 heterocycles. The lowest BCUT2D eigenvalue weighted by Gasteiger charge is -2.28. The van der Waals surface area contributed by atoms with Crippen molar-refractivity contribution >= 4 is 11.5 Å². The third-order valence-electron chi connectivity index (χ3n) is 3.08. The number of nitrogen functional groups attached to an aromatic ring is 1. The van der Waals surface area contributed by atoms with Gasteiger partial charge in [-0.3, -0.25) is 5.41 Å². The molecule has 16 heavy (non-hydrogen) atoms. The number of nitrogens with two attached hydrogens (primary N) is 1. The van der Waals surface area contributed by atoms with Gasteiger partial charge in [0.05, 0.1) is 0 Å². The molecule has 0 aromatic heterocycles. The molecular formula is C13H21N3. The van der Waals surface area contributed by atoms with Crippen LogP contribution in [0.5, 0.6) is 0 Å². The second-order valence-corrected chi connectivity index (χ2v) is 4.30. The maximum absolute atomic E-state index is 7.59. The Balaban J connectivity index is 3.19. The van der Waals surface area contributed by atoms with E-state index >= 15 is 0 Å². The summed E-state index contributed by atoms with van der Waals surface area (Å²) in [6.07, 6.45) is 1.07. The molecule has 0 saturated heterocycles. The summed E-state index contributed by atoms with van der Waals surface area (Å²) in [5, 5.41) is 7.59. The predicted molar refractivity (Wildman–Crippen MR) is 70.4 cm³/mol. The molecule has 3 heteroatoms. The predicted octanol–water partition coefficient (Wildman–Crippen LogP) is 2.51. The van der Waals surface area contributed by atoms with Crippen molar-refractivity contribution in [2.24, 2.45) is 5.73 Å². The van der Waals surface area contributed by atoms with Gasteiger partial charge in [0.15, 0.2) is 0 Å². The molecule has 88 valence electrons. The second kappa shape index (κ2) is 5.01. The van der Waals surface area contributed by atoms with Gasteiger partial charge in [0, 0.05) is 24.3 Å². The zero-order chi connectivity index (χ0) is 12.3. The number of hydrogen-bond donors (Lipinski definition) is 2. The Morgan fingerprint density at radius 3 is 2.62 bits per heavy atom. The van der Waals surface area contributed by atoms with Crippen LogP contribution in [0.25, 0.3) is 0 Å². The number of benzene rings is 1. The largest absolute Gasteiger partial charge is 0.384 e. The van der Waals surface area contributed by atoms with E-state index in [-0.39, 0.29) is 5.84 Å². The van der Waals surface area contributed by atoms with Gasteiger partial charge in [0.2, 0.25) is 0 Å². The van der Waals surface area contributed by atoms with Crippen LogP contribution in [0.1, 0.15) is 31.4 Å². The highest BCUT2D eigenvalue weighted by atomic mass is 15.1. The second-order valence-electron chi connectivity index (χ2n) is 4.30. The molecule has 3 N–H and O–H groups in total.